The van der Waals surface area contributed by atoms with Gasteiger partial charge in [0.1, 0.15) is 17.2 Å². The number of alkyl halides is 1. The van der Waals surface area contributed by atoms with E-state index >= 15 is 0 Å². The molecule has 0 aromatic heterocycles. The minimum atomic E-state index is -1.47. The van der Waals surface area contributed by atoms with Crippen molar-refractivity contribution in [2.75, 3.05) is 18.9 Å². The fraction of sp³-hybridized carbons (Fsp3) is 0.400. The Bertz CT molecular complexity index is 679. The van der Waals surface area contributed by atoms with Gasteiger partial charge < -0.3 is 20.1 Å². The fourth-order valence-electron chi connectivity index (χ4n) is 2.55. The van der Waals surface area contributed by atoms with Crippen LogP contribution in [0.5, 0.6) is 5.75 Å². The molecule has 130 valence electrons. The molecule has 2 saturated heterocycles. The van der Waals surface area contributed by atoms with Gasteiger partial charge in [0.15, 0.2) is 11.5 Å². The molecule has 0 radical (unpaired) electrons. The third-order valence-electron chi connectivity index (χ3n) is 3.86. The Morgan fingerprint density at radius 1 is 1.40 bits per heavy atom. The van der Waals surface area contributed by atoms with Gasteiger partial charge in [0.05, 0.1) is 6.54 Å². The van der Waals surface area contributed by atoms with E-state index in [1.807, 2.05) is 6.07 Å². The Kier molecular flexibility index (Phi) is 6.33. The Morgan fingerprint density at radius 2 is 2.08 bits per heavy atom. The average molecular weight is 379 g/mol. The van der Waals surface area contributed by atoms with Crippen molar-refractivity contribution >= 4 is 60.0 Å². The van der Waals surface area contributed by atoms with E-state index in [-0.39, 0.29) is 49.0 Å². The summed E-state index contributed by atoms with van der Waals surface area (Å²) in [7, 11) is 0. The average Bonchev–Trinajstić information content (AvgIpc) is 2.58. The number of rotatable bonds is 5. The molecular formula is C15H16ClLiN2O5S. The van der Waals surface area contributed by atoms with Gasteiger partial charge in [-0.2, -0.15) is 0 Å². The molecule has 7 nitrogen and oxygen atoms in total. The molecule has 2 aliphatic heterocycles. The molecule has 10 heteroatoms. The minimum absolute atomic E-state index is 0. The number of benzene rings is 1. The SMILES string of the molecule is O=C(COc1ccccc1)NC1C(=O)N2CC(Cl)(C(=O)O)CS[C@H]12.[LiH]. The number of hydrogen-bond acceptors (Lipinski definition) is 5. The molecule has 2 unspecified atom stereocenters. The molecule has 0 aliphatic carbocycles. The normalized spacial score (nSPS) is 27.4. The second-order valence-electron chi connectivity index (χ2n) is 5.59. The van der Waals surface area contributed by atoms with Crippen molar-refractivity contribution in [1.29, 1.82) is 0 Å². The van der Waals surface area contributed by atoms with Crippen molar-refractivity contribution in [3.63, 3.8) is 0 Å². The van der Waals surface area contributed by atoms with Crippen molar-refractivity contribution in [3.8, 4) is 5.75 Å². The Balaban J connectivity index is 0.00000225. The zero-order valence-electron chi connectivity index (χ0n) is 12.5. The topological polar surface area (TPSA) is 95.9 Å². The summed E-state index contributed by atoms with van der Waals surface area (Å²) in [5.74, 6) is -1.14. The molecule has 2 N–H and O–H groups in total. The predicted molar refractivity (Wildman–Crippen MR) is 95.2 cm³/mol. The number of amides is 2. The van der Waals surface area contributed by atoms with Gasteiger partial charge in [-0.1, -0.05) is 18.2 Å². The molecule has 2 amide bonds. The fourth-order valence-corrected chi connectivity index (χ4v) is 4.26. The summed E-state index contributed by atoms with van der Waals surface area (Å²) in [6.45, 7) is -0.257. The van der Waals surface area contributed by atoms with E-state index in [2.05, 4.69) is 5.32 Å². The summed E-state index contributed by atoms with van der Waals surface area (Å²) >= 11 is 7.27. The number of hydrogen-bond donors (Lipinski definition) is 2. The second kappa shape index (κ2) is 7.92. The molecule has 0 saturated carbocycles. The number of nitrogens with zero attached hydrogens (tertiary/aromatic N) is 1. The predicted octanol–water partition coefficient (Wildman–Crippen LogP) is -0.121. The monoisotopic (exact) mass is 378 g/mol. The van der Waals surface area contributed by atoms with Crippen molar-refractivity contribution in [2.24, 2.45) is 0 Å². The molecule has 2 aliphatic rings. The van der Waals surface area contributed by atoms with Crippen LogP contribution in [0.25, 0.3) is 0 Å². The number of carbonyl (C=O) groups excluding carboxylic acids is 2. The first-order valence-electron chi connectivity index (χ1n) is 7.22. The van der Waals surface area contributed by atoms with E-state index in [9.17, 15) is 14.4 Å². The van der Waals surface area contributed by atoms with Gasteiger partial charge in [-0.25, -0.2) is 0 Å². The number of nitrogens with one attached hydrogen (secondary N) is 1. The standard InChI is InChI=1S/C15H15ClN2O5S.Li.H/c16-15(14(21)22)7-18-12(20)11(13(18)24-8-15)17-10(19)6-23-9-4-2-1-3-5-9;;/h1-5,11,13H,6-8H2,(H,17,19)(H,21,22);;/t11?,13-,15?;;/m1../s1. The molecular weight excluding hydrogens is 363 g/mol. The number of aliphatic carboxylic acids is 1. The third kappa shape index (κ3) is 4.09. The van der Waals surface area contributed by atoms with Crippen LogP contribution in [-0.2, 0) is 14.4 Å². The van der Waals surface area contributed by atoms with Gasteiger partial charge in [-0.3, -0.25) is 14.4 Å². The van der Waals surface area contributed by atoms with Crippen LogP contribution in [0, 0.1) is 0 Å². The van der Waals surface area contributed by atoms with Crippen molar-refractivity contribution < 1.29 is 24.2 Å². The van der Waals surface area contributed by atoms with Crippen LogP contribution in [0.2, 0.25) is 0 Å². The van der Waals surface area contributed by atoms with Gasteiger partial charge in [0.25, 0.3) is 5.91 Å². The second-order valence-corrected chi connectivity index (χ2v) is 7.41. The number of carboxylic acid groups (broad SMARTS) is 1. The van der Waals surface area contributed by atoms with Gasteiger partial charge in [-0.05, 0) is 12.1 Å². The van der Waals surface area contributed by atoms with Crippen molar-refractivity contribution in [2.45, 2.75) is 16.3 Å². The first-order valence-corrected chi connectivity index (χ1v) is 8.65. The van der Waals surface area contributed by atoms with Gasteiger partial charge in [-0.15, -0.1) is 23.4 Å². The maximum absolute atomic E-state index is 12.1. The third-order valence-corrected chi connectivity index (χ3v) is 5.96. The van der Waals surface area contributed by atoms with Crippen molar-refractivity contribution in [1.82, 2.24) is 10.2 Å². The first-order chi connectivity index (χ1) is 11.4. The number of halogens is 1. The number of β-lactam (4-membered cyclic amide) rings is 1. The van der Waals surface area contributed by atoms with Crippen LogP contribution in [0.4, 0.5) is 0 Å². The number of ether oxygens (including phenoxy) is 1. The van der Waals surface area contributed by atoms with E-state index in [1.165, 1.54) is 16.7 Å². The summed E-state index contributed by atoms with van der Waals surface area (Å²) in [6.07, 6.45) is 0. The van der Waals surface area contributed by atoms with E-state index in [0.29, 0.717) is 5.75 Å². The maximum atomic E-state index is 12.1. The van der Waals surface area contributed by atoms with E-state index in [4.69, 9.17) is 21.4 Å². The van der Waals surface area contributed by atoms with Crippen molar-refractivity contribution in [3.05, 3.63) is 30.3 Å². The summed E-state index contributed by atoms with van der Waals surface area (Å²) < 4.78 is 5.33. The van der Waals surface area contributed by atoms with Gasteiger partial charge >= 0.3 is 24.8 Å². The molecule has 3 atom stereocenters. The molecule has 3 rings (SSSR count). The Hall–Kier alpha value is -1.33. The zero-order chi connectivity index (χ0) is 17.3. The van der Waals surface area contributed by atoms with E-state index in [1.54, 1.807) is 24.3 Å². The number of carboxylic acids is 1. The summed E-state index contributed by atoms with van der Waals surface area (Å²) in [5, 5.41) is 11.5. The van der Waals surface area contributed by atoms with E-state index in [0.717, 1.165) is 0 Å². The van der Waals surface area contributed by atoms with Crippen LogP contribution >= 0.6 is 23.4 Å². The Labute approximate surface area is 165 Å². The molecule has 0 bridgehead atoms. The summed E-state index contributed by atoms with van der Waals surface area (Å²) in [5.41, 5.74) is 0. The van der Waals surface area contributed by atoms with Gasteiger partial charge in [0, 0.05) is 5.75 Å². The molecule has 2 fully saturated rings. The van der Waals surface area contributed by atoms with Crippen LogP contribution < -0.4 is 10.1 Å². The molecule has 1 aromatic rings. The number of carbonyl (C=O) groups is 3. The van der Waals surface area contributed by atoms with Crippen LogP contribution in [-0.4, -0.2) is 81.8 Å². The summed E-state index contributed by atoms with van der Waals surface area (Å²) in [4.78, 5) is 35.1. The molecule has 0 spiro atoms. The number of thioether (sulfide) groups is 1. The first kappa shape index (κ1) is 20.0. The van der Waals surface area contributed by atoms with E-state index < -0.39 is 22.8 Å². The molecule has 2 heterocycles. The number of fused-ring (bicyclic) bond motifs is 1. The van der Waals surface area contributed by atoms with Crippen LogP contribution in [0.1, 0.15) is 0 Å². The van der Waals surface area contributed by atoms with Gasteiger partial charge in [0.2, 0.25) is 5.91 Å². The number of para-hydroxylation sites is 1. The zero-order valence-corrected chi connectivity index (χ0v) is 14.0. The van der Waals surface area contributed by atoms with Crippen LogP contribution in [0.15, 0.2) is 30.3 Å². The van der Waals surface area contributed by atoms with Crippen LogP contribution in [0.3, 0.4) is 0 Å². The summed E-state index contributed by atoms with van der Waals surface area (Å²) in [6, 6.07) is 8.21. The molecule has 1 aromatic carbocycles. The molecule has 25 heavy (non-hydrogen) atoms. The Morgan fingerprint density at radius 3 is 2.72 bits per heavy atom. The quantitative estimate of drug-likeness (QED) is 0.421.